The predicted molar refractivity (Wildman–Crippen MR) is 46.2 cm³/mol. The Hall–Kier alpha value is -0.820. The van der Waals surface area contributed by atoms with Gasteiger partial charge >= 0.3 is 0 Å². The van der Waals surface area contributed by atoms with Crippen molar-refractivity contribution in [3.8, 4) is 0 Å². The summed E-state index contributed by atoms with van der Waals surface area (Å²) in [6.45, 7) is 0. The molecule has 0 aliphatic carbocycles. The van der Waals surface area contributed by atoms with Gasteiger partial charge < -0.3 is 0 Å². The van der Waals surface area contributed by atoms with Crippen molar-refractivity contribution >= 4 is 17.7 Å². The van der Waals surface area contributed by atoms with E-state index in [4.69, 9.17) is 11.6 Å². The van der Waals surface area contributed by atoms with Crippen molar-refractivity contribution in [2.45, 2.75) is 5.63 Å². The van der Waals surface area contributed by atoms with Gasteiger partial charge in [-0.2, -0.15) is 0 Å². The van der Waals surface area contributed by atoms with E-state index in [-0.39, 0.29) is 0 Å². The maximum atomic E-state index is 12.1. The minimum Gasteiger partial charge on any atom is -0.225 e. The van der Waals surface area contributed by atoms with Crippen LogP contribution in [0.25, 0.3) is 6.08 Å². The molecule has 1 rings (SSSR count). The van der Waals surface area contributed by atoms with Gasteiger partial charge in [-0.05, 0) is 11.6 Å². The Labute approximate surface area is 70.3 Å². The monoisotopic (exact) mass is 170 g/mol. The molecule has 0 aliphatic heterocycles. The minimum atomic E-state index is -1.39. The van der Waals surface area contributed by atoms with Gasteiger partial charge in [0.1, 0.15) is 0 Å². The van der Waals surface area contributed by atoms with Gasteiger partial charge in [0, 0.05) is 0 Å². The molecular formula is C9H8ClF. The summed E-state index contributed by atoms with van der Waals surface area (Å²) in [6.07, 6.45) is 2.95. The summed E-state index contributed by atoms with van der Waals surface area (Å²) in [5, 5.41) is 0. The van der Waals surface area contributed by atoms with Crippen molar-refractivity contribution in [3.05, 3.63) is 42.0 Å². The van der Waals surface area contributed by atoms with Crippen LogP contribution in [0.4, 0.5) is 4.39 Å². The zero-order valence-corrected chi connectivity index (χ0v) is 6.63. The topological polar surface area (TPSA) is 0 Å². The Morgan fingerprint density at radius 3 is 2.45 bits per heavy atom. The van der Waals surface area contributed by atoms with Gasteiger partial charge in [0.25, 0.3) is 0 Å². The van der Waals surface area contributed by atoms with Crippen LogP contribution in [0.3, 0.4) is 0 Å². The number of hydrogen-bond acceptors (Lipinski definition) is 0. The summed E-state index contributed by atoms with van der Waals surface area (Å²) in [5.41, 5.74) is -0.439. The molecular weight excluding hydrogens is 163 g/mol. The Balaban J connectivity index is 2.65. The van der Waals surface area contributed by atoms with Gasteiger partial charge in [0.2, 0.25) is 0 Å². The van der Waals surface area contributed by atoms with Crippen molar-refractivity contribution in [2.75, 3.05) is 0 Å². The number of allylic oxidation sites excluding steroid dienone is 1. The fraction of sp³-hybridized carbons (Fsp3) is 0.111. The number of halogens is 2. The van der Waals surface area contributed by atoms with Crippen molar-refractivity contribution in [2.24, 2.45) is 0 Å². The van der Waals surface area contributed by atoms with E-state index in [0.717, 1.165) is 5.56 Å². The maximum Gasteiger partial charge on any atom is 0.192 e. The molecule has 1 unspecified atom stereocenters. The maximum absolute atomic E-state index is 12.1. The minimum absolute atomic E-state index is 0.954. The zero-order valence-electron chi connectivity index (χ0n) is 5.87. The quantitative estimate of drug-likeness (QED) is 0.598. The van der Waals surface area contributed by atoms with Crippen LogP contribution in [-0.4, -0.2) is 5.63 Å². The lowest BCUT2D eigenvalue weighted by Crippen LogP contribution is -1.77. The average molecular weight is 171 g/mol. The highest BCUT2D eigenvalue weighted by atomic mass is 35.5. The molecule has 11 heavy (non-hydrogen) atoms. The zero-order chi connectivity index (χ0) is 8.10. The highest BCUT2D eigenvalue weighted by Crippen LogP contribution is 2.05. The number of alkyl halides is 2. The van der Waals surface area contributed by atoms with Gasteiger partial charge in [-0.15, -0.1) is 0 Å². The number of benzene rings is 1. The molecule has 58 valence electrons. The third-order valence-electron chi connectivity index (χ3n) is 1.23. The Morgan fingerprint density at radius 1 is 1.27 bits per heavy atom. The summed E-state index contributed by atoms with van der Waals surface area (Å²) >= 11 is 5.07. The second kappa shape index (κ2) is 4.14. The molecule has 1 aromatic rings. The molecule has 1 atom stereocenters. The Morgan fingerprint density at radius 2 is 1.91 bits per heavy atom. The van der Waals surface area contributed by atoms with Crippen LogP contribution < -0.4 is 0 Å². The lowest BCUT2D eigenvalue weighted by atomic mass is 10.2. The molecule has 0 aliphatic rings. The summed E-state index contributed by atoms with van der Waals surface area (Å²) in [5.74, 6) is 0. The molecule has 2 heteroatoms. The van der Waals surface area contributed by atoms with Crippen molar-refractivity contribution in [3.63, 3.8) is 0 Å². The van der Waals surface area contributed by atoms with Crippen LogP contribution in [-0.2, 0) is 0 Å². The first-order valence-corrected chi connectivity index (χ1v) is 3.74. The van der Waals surface area contributed by atoms with Crippen LogP contribution in [0.15, 0.2) is 36.4 Å². The number of rotatable bonds is 2. The van der Waals surface area contributed by atoms with Crippen LogP contribution in [0.2, 0.25) is 0 Å². The molecule has 0 saturated carbocycles. The molecule has 0 heterocycles. The predicted octanol–water partition coefficient (Wildman–Crippen LogP) is 3.23. The molecule has 0 N–H and O–H groups in total. The molecule has 0 nitrogen and oxygen atoms in total. The fourth-order valence-corrected chi connectivity index (χ4v) is 0.821. The highest BCUT2D eigenvalue weighted by molar-refractivity contribution is 6.20. The Bertz CT molecular complexity index is 229. The number of hydrogen-bond donors (Lipinski definition) is 0. The third kappa shape index (κ3) is 3.19. The van der Waals surface area contributed by atoms with Gasteiger partial charge in [0.15, 0.2) is 5.63 Å². The standard InChI is InChI=1S/C9H8ClF/c10-9(11)7-6-8-4-2-1-3-5-8/h1-7,9H/b7-6+. The van der Waals surface area contributed by atoms with Gasteiger partial charge in [-0.25, -0.2) is 4.39 Å². The first-order chi connectivity index (χ1) is 5.29. The van der Waals surface area contributed by atoms with Crippen LogP contribution >= 0.6 is 11.6 Å². The van der Waals surface area contributed by atoms with Crippen molar-refractivity contribution < 1.29 is 4.39 Å². The first-order valence-electron chi connectivity index (χ1n) is 3.30. The molecule has 0 amide bonds. The van der Waals surface area contributed by atoms with Gasteiger partial charge in [-0.1, -0.05) is 48.0 Å². The van der Waals surface area contributed by atoms with E-state index in [1.54, 1.807) is 6.08 Å². The smallest absolute Gasteiger partial charge is 0.192 e. The molecule has 0 fully saturated rings. The average Bonchev–Trinajstić information content (AvgIpc) is 2.03. The van der Waals surface area contributed by atoms with Crippen molar-refractivity contribution in [1.29, 1.82) is 0 Å². The van der Waals surface area contributed by atoms with Crippen LogP contribution in [0.5, 0.6) is 0 Å². The van der Waals surface area contributed by atoms with Gasteiger partial charge in [-0.3, -0.25) is 0 Å². The van der Waals surface area contributed by atoms with E-state index in [0.29, 0.717) is 0 Å². The largest absolute Gasteiger partial charge is 0.225 e. The SMILES string of the molecule is FC(Cl)/C=C/c1ccccc1. The third-order valence-corrected chi connectivity index (χ3v) is 1.38. The summed E-state index contributed by atoms with van der Waals surface area (Å²) in [6, 6.07) is 9.46. The van der Waals surface area contributed by atoms with Crippen LogP contribution in [0.1, 0.15) is 5.56 Å². The summed E-state index contributed by atoms with van der Waals surface area (Å²) in [4.78, 5) is 0. The van der Waals surface area contributed by atoms with E-state index in [1.807, 2.05) is 30.3 Å². The lowest BCUT2D eigenvalue weighted by Gasteiger charge is -1.90. The van der Waals surface area contributed by atoms with Crippen molar-refractivity contribution in [1.82, 2.24) is 0 Å². The van der Waals surface area contributed by atoms with E-state index >= 15 is 0 Å². The molecule has 0 saturated heterocycles. The fourth-order valence-electron chi connectivity index (χ4n) is 0.748. The molecule has 1 aromatic carbocycles. The van der Waals surface area contributed by atoms with E-state index < -0.39 is 5.63 Å². The Kier molecular flexibility index (Phi) is 3.12. The summed E-state index contributed by atoms with van der Waals surface area (Å²) < 4.78 is 12.1. The second-order valence-corrected chi connectivity index (χ2v) is 2.52. The highest BCUT2D eigenvalue weighted by Gasteiger charge is 1.90. The molecule has 0 aromatic heterocycles. The summed E-state index contributed by atoms with van der Waals surface area (Å²) in [7, 11) is 0. The second-order valence-electron chi connectivity index (χ2n) is 2.10. The first kappa shape index (κ1) is 8.28. The molecule has 0 radical (unpaired) electrons. The molecule has 0 spiro atoms. The van der Waals surface area contributed by atoms with E-state index in [9.17, 15) is 4.39 Å². The van der Waals surface area contributed by atoms with E-state index in [2.05, 4.69) is 0 Å². The lowest BCUT2D eigenvalue weighted by molar-refractivity contribution is 0.513. The van der Waals surface area contributed by atoms with Gasteiger partial charge in [0.05, 0.1) is 0 Å². The normalized spacial score (nSPS) is 13.6. The van der Waals surface area contributed by atoms with E-state index in [1.165, 1.54) is 6.08 Å². The van der Waals surface area contributed by atoms with Crippen LogP contribution in [0, 0.1) is 0 Å². The molecule has 0 bridgehead atoms.